The molecule has 0 N–H and O–H groups in total. The molecular formula is C9H9ClF2. The smallest absolute Gasteiger partial charge is 0.188 e. The number of alkyl halides is 3. The quantitative estimate of drug-likeness (QED) is 0.628. The average Bonchev–Trinajstić information content (AvgIpc) is 1.91. The Labute approximate surface area is 75.2 Å². The molecule has 0 nitrogen and oxygen atoms in total. The van der Waals surface area contributed by atoms with Gasteiger partial charge >= 0.3 is 5.38 Å². The summed E-state index contributed by atoms with van der Waals surface area (Å²) in [7, 11) is 0. The summed E-state index contributed by atoms with van der Waals surface area (Å²) in [6, 6.07) is 6.90. The van der Waals surface area contributed by atoms with Crippen molar-refractivity contribution in [2.75, 3.05) is 0 Å². The van der Waals surface area contributed by atoms with E-state index in [4.69, 9.17) is 11.6 Å². The maximum atomic E-state index is 12.3. The molecule has 1 aromatic rings. The van der Waals surface area contributed by atoms with Crippen molar-refractivity contribution in [2.45, 2.75) is 18.7 Å². The van der Waals surface area contributed by atoms with Gasteiger partial charge in [0.1, 0.15) is 0 Å². The van der Waals surface area contributed by atoms with Crippen LogP contribution in [0.4, 0.5) is 8.78 Å². The van der Waals surface area contributed by atoms with Crippen LogP contribution in [-0.4, -0.2) is 5.38 Å². The topological polar surface area (TPSA) is 0 Å². The first-order chi connectivity index (χ1) is 5.47. The highest BCUT2D eigenvalue weighted by Crippen LogP contribution is 2.24. The molecule has 0 aliphatic rings. The lowest BCUT2D eigenvalue weighted by atomic mass is 10.1. The van der Waals surface area contributed by atoms with E-state index in [1.807, 2.05) is 6.92 Å². The van der Waals surface area contributed by atoms with Crippen molar-refractivity contribution in [1.29, 1.82) is 0 Å². The Morgan fingerprint density at radius 1 is 1.25 bits per heavy atom. The third kappa shape index (κ3) is 3.18. The van der Waals surface area contributed by atoms with E-state index < -0.39 is 11.8 Å². The molecule has 0 aliphatic heterocycles. The van der Waals surface area contributed by atoms with E-state index in [-0.39, 0.29) is 0 Å². The first-order valence-electron chi connectivity index (χ1n) is 3.60. The largest absolute Gasteiger partial charge is 0.325 e. The highest BCUT2D eigenvalue weighted by Gasteiger charge is 2.24. The van der Waals surface area contributed by atoms with Crippen LogP contribution in [0.3, 0.4) is 0 Å². The zero-order valence-corrected chi connectivity index (χ0v) is 7.41. The molecule has 0 heterocycles. The second-order valence-electron chi connectivity index (χ2n) is 2.78. The van der Waals surface area contributed by atoms with Crippen molar-refractivity contribution in [2.24, 2.45) is 0 Å². The van der Waals surface area contributed by atoms with Crippen LogP contribution in [0.25, 0.3) is 0 Å². The van der Waals surface area contributed by atoms with Crippen molar-refractivity contribution >= 4 is 11.6 Å². The fraction of sp³-hybridized carbons (Fsp3) is 0.333. The van der Waals surface area contributed by atoms with E-state index in [1.165, 1.54) is 0 Å². The normalized spacial score (nSPS) is 11.7. The van der Waals surface area contributed by atoms with E-state index in [9.17, 15) is 8.78 Å². The van der Waals surface area contributed by atoms with Crippen LogP contribution in [0.5, 0.6) is 0 Å². The molecule has 0 atom stereocenters. The van der Waals surface area contributed by atoms with Crippen LogP contribution in [0.2, 0.25) is 0 Å². The molecule has 12 heavy (non-hydrogen) atoms. The zero-order valence-electron chi connectivity index (χ0n) is 6.65. The summed E-state index contributed by atoms with van der Waals surface area (Å²) in [6.07, 6.45) is -0.408. The second kappa shape index (κ2) is 3.40. The fourth-order valence-corrected chi connectivity index (χ4v) is 1.09. The predicted octanol–water partition coefficient (Wildman–Crippen LogP) is 3.37. The van der Waals surface area contributed by atoms with Gasteiger partial charge in [-0.2, -0.15) is 8.78 Å². The Hall–Kier alpha value is -0.630. The summed E-state index contributed by atoms with van der Waals surface area (Å²) in [4.78, 5) is 0. The second-order valence-corrected chi connectivity index (χ2v) is 3.33. The Balaban J connectivity index is 2.71. The van der Waals surface area contributed by atoms with E-state index in [0.29, 0.717) is 5.56 Å². The molecule has 0 spiro atoms. The van der Waals surface area contributed by atoms with Gasteiger partial charge in [-0.25, -0.2) is 0 Å². The van der Waals surface area contributed by atoms with Crippen LogP contribution < -0.4 is 0 Å². The number of hydrogen-bond acceptors (Lipinski definition) is 0. The zero-order chi connectivity index (χ0) is 9.19. The minimum Gasteiger partial charge on any atom is -0.188 e. The molecule has 1 rings (SSSR count). The van der Waals surface area contributed by atoms with Gasteiger partial charge in [-0.15, -0.1) is 0 Å². The van der Waals surface area contributed by atoms with Gasteiger partial charge in [0.05, 0.1) is 6.42 Å². The maximum absolute atomic E-state index is 12.3. The number of aryl methyl sites for hydroxylation is 1. The molecule has 1 aromatic carbocycles. The van der Waals surface area contributed by atoms with Crippen LogP contribution in [0, 0.1) is 6.92 Å². The van der Waals surface area contributed by atoms with Gasteiger partial charge in [0.2, 0.25) is 0 Å². The lowest BCUT2D eigenvalue weighted by Crippen LogP contribution is -2.09. The van der Waals surface area contributed by atoms with Crippen molar-refractivity contribution in [3.05, 3.63) is 35.4 Å². The first-order valence-corrected chi connectivity index (χ1v) is 3.97. The molecule has 66 valence electrons. The molecule has 0 bridgehead atoms. The van der Waals surface area contributed by atoms with Gasteiger partial charge in [-0.05, 0) is 24.1 Å². The molecule has 0 aromatic heterocycles. The highest BCUT2D eigenvalue weighted by atomic mass is 35.5. The average molecular weight is 191 g/mol. The van der Waals surface area contributed by atoms with Crippen LogP contribution in [0.1, 0.15) is 11.1 Å². The summed E-state index contributed by atoms with van der Waals surface area (Å²) >= 11 is 4.77. The summed E-state index contributed by atoms with van der Waals surface area (Å²) in [6.45, 7) is 1.91. The molecular weight excluding hydrogens is 182 g/mol. The van der Waals surface area contributed by atoms with Crippen LogP contribution >= 0.6 is 11.6 Å². The Kier molecular flexibility index (Phi) is 2.68. The van der Waals surface area contributed by atoms with Crippen molar-refractivity contribution in [3.8, 4) is 0 Å². The number of rotatable bonds is 2. The molecule has 0 unspecified atom stereocenters. The van der Waals surface area contributed by atoms with Gasteiger partial charge in [0.15, 0.2) is 0 Å². The van der Waals surface area contributed by atoms with Crippen LogP contribution in [-0.2, 0) is 6.42 Å². The van der Waals surface area contributed by atoms with Gasteiger partial charge in [-0.3, -0.25) is 0 Å². The van der Waals surface area contributed by atoms with E-state index >= 15 is 0 Å². The predicted molar refractivity (Wildman–Crippen MR) is 45.7 cm³/mol. The monoisotopic (exact) mass is 190 g/mol. The van der Waals surface area contributed by atoms with Gasteiger partial charge < -0.3 is 0 Å². The minimum atomic E-state index is -3.13. The van der Waals surface area contributed by atoms with Crippen molar-refractivity contribution in [1.82, 2.24) is 0 Å². The number of halogens is 3. The fourth-order valence-electron chi connectivity index (χ4n) is 0.937. The third-order valence-corrected chi connectivity index (χ3v) is 1.66. The minimum absolute atomic E-state index is 0.408. The molecule has 0 saturated carbocycles. The maximum Gasteiger partial charge on any atom is 0.325 e. The lowest BCUT2D eigenvalue weighted by molar-refractivity contribution is 0.0969. The first kappa shape index (κ1) is 9.46. The van der Waals surface area contributed by atoms with Crippen molar-refractivity contribution < 1.29 is 8.78 Å². The molecule has 0 aliphatic carbocycles. The SMILES string of the molecule is Cc1ccc(CC(F)(F)Cl)cc1. The van der Waals surface area contributed by atoms with Crippen molar-refractivity contribution in [3.63, 3.8) is 0 Å². The number of hydrogen-bond donors (Lipinski definition) is 0. The van der Waals surface area contributed by atoms with Crippen LogP contribution in [0.15, 0.2) is 24.3 Å². The van der Waals surface area contributed by atoms with Gasteiger partial charge in [0, 0.05) is 0 Å². The van der Waals surface area contributed by atoms with E-state index in [2.05, 4.69) is 0 Å². The Morgan fingerprint density at radius 3 is 2.17 bits per heavy atom. The summed E-state index contributed by atoms with van der Waals surface area (Å²) in [5, 5.41) is -3.13. The van der Waals surface area contributed by atoms with E-state index in [1.54, 1.807) is 24.3 Å². The summed E-state index contributed by atoms with van der Waals surface area (Å²) in [5.41, 5.74) is 1.61. The third-order valence-electron chi connectivity index (χ3n) is 1.53. The standard InChI is InChI=1S/C9H9ClF2/c1-7-2-4-8(5-3-7)6-9(10,11)12/h2-5H,6H2,1H3. The molecule has 3 heteroatoms. The Bertz CT molecular complexity index is 248. The molecule has 0 saturated heterocycles. The lowest BCUT2D eigenvalue weighted by Gasteiger charge is -2.07. The Morgan fingerprint density at radius 2 is 1.75 bits per heavy atom. The summed E-state index contributed by atoms with van der Waals surface area (Å²) < 4.78 is 24.5. The van der Waals surface area contributed by atoms with Gasteiger partial charge in [0.25, 0.3) is 0 Å². The molecule has 0 fully saturated rings. The molecule has 0 radical (unpaired) electrons. The highest BCUT2D eigenvalue weighted by molar-refractivity contribution is 6.21. The van der Waals surface area contributed by atoms with E-state index in [0.717, 1.165) is 5.56 Å². The number of benzene rings is 1. The molecule has 0 amide bonds. The summed E-state index contributed by atoms with van der Waals surface area (Å²) in [5.74, 6) is 0. The van der Waals surface area contributed by atoms with Gasteiger partial charge in [-0.1, -0.05) is 29.8 Å².